The molecule has 3 aromatic rings. The van der Waals surface area contributed by atoms with Crippen molar-refractivity contribution in [1.29, 1.82) is 0 Å². The lowest BCUT2D eigenvalue weighted by Crippen LogP contribution is -2.18. The third-order valence-electron chi connectivity index (χ3n) is 4.43. The first-order valence-electron chi connectivity index (χ1n) is 9.29. The largest absolute Gasteiger partial charge is 0.411 e. The van der Waals surface area contributed by atoms with E-state index in [1.165, 1.54) is 17.1 Å². The Hall–Kier alpha value is -3.74. The van der Waals surface area contributed by atoms with Crippen molar-refractivity contribution in [1.82, 2.24) is 19.6 Å². The minimum absolute atomic E-state index is 0.0462. The van der Waals surface area contributed by atoms with Gasteiger partial charge in [-0.25, -0.2) is 4.68 Å². The number of aryl methyl sites for hydroxylation is 1. The molecule has 0 saturated carbocycles. The van der Waals surface area contributed by atoms with E-state index in [2.05, 4.69) is 20.3 Å². The van der Waals surface area contributed by atoms with Crippen LogP contribution in [0.3, 0.4) is 0 Å². The van der Waals surface area contributed by atoms with E-state index in [4.69, 9.17) is 0 Å². The first-order chi connectivity index (χ1) is 15.0. The Balaban J connectivity index is 1.65. The number of halogens is 3. The molecule has 1 amide bonds. The molecular formula is C19H19F3N6O4. The van der Waals surface area contributed by atoms with Gasteiger partial charge in [0.05, 0.1) is 29.5 Å². The highest BCUT2D eigenvalue weighted by molar-refractivity contribution is 6.04. The van der Waals surface area contributed by atoms with Gasteiger partial charge < -0.3 is 10.1 Å². The van der Waals surface area contributed by atoms with Crippen molar-refractivity contribution in [2.24, 2.45) is 0 Å². The fourth-order valence-electron chi connectivity index (χ4n) is 3.05. The molecule has 0 aliphatic rings. The maximum Gasteiger partial charge on any atom is 0.411 e. The van der Waals surface area contributed by atoms with Gasteiger partial charge in [0.1, 0.15) is 24.7 Å². The molecule has 0 atom stereocenters. The van der Waals surface area contributed by atoms with Gasteiger partial charge in [-0.15, -0.1) is 0 Å². The van der Waals surface area contributed by atoms with E-state index in [0.29, 0.717) is 22.5 Å². The zero-order valence-corrected chi connectivity index (χ0v) is 17.1. The third kappa shape index (κ3) is 5.69. The van der Waals surface area contributed by atoms with E-state index in [9.17, 15) is 28.1 Å². The van der Waals surface area contributed by atoms with Crippen LogP contribution in [0.5, 0.6) is 0 Å². The predicted molar refractivity (Wildman–Crippen MR) is 106 cm³/mol. The van der Waals surface area contributed by atoms with Crippen molar-refractivity contribution < 1.29 is 27.6 Å². The number of anilines is 1. The average molecular weight is 452 g/mol. The minimum Gasteiger partial charge on any atom is -0.350 e. The molecule has 2 heterocycles. The molecule has 0 spiro atoms. The number of hydrogen-bond acceptors (Lipinski definition) is 6. The Kier molecular flexibility index (Phi) is 6.58. The molecule has 0 aliphatic carbocycles. The quantitative estimate of drug-likeness (QED) is 0.413. The van der Waals surface area contributed by atoms with Crippen LogP contribution in [0.2, 0.25) is 0 Å². The van der Waals surface area contributed by atoms with Gasteiger partial charge in [0.15, 0.2) is 0 Å². The number of amides is 1. The first-order valence-corrected chi connectivity index (χ1v) is 9.29. The van der Waals surface area contributed by atoms with E-state index >= 15 is 0 Å². The third-order valence-corrected chi connectivity index (χ3v) is 4.43. The minimum atomic E-state index is -4.44. The fraction of sp³-hybridized carbons (Fsp3) is 0.316. The molecule has 2 aromatic heterocycles. The van der Waals surface area contributed by atoms with E-state index in [0.717, 1.165) is 4.68 Å². The Morgan fingerprint density at radius 3 is 2.72 bits per heavy atom. The van der Waals surface area contributed by atoms with E-state index in [1.807, 2.05) is 0 Å². The Morgan fingerprint density at radius 2 is 2.06 bits per heavy atom. The van der Waals surface area contributed by atoms with Crippen LogP contribution < -0.4 is 5.32 Å². The summed E-state index contributed by atoms with van der Waals surface area (Å²) >= 11 is 0. The van der Waals surface area contributed by atoms with Crippen molar-refractivity contribution in [2.75, 3.05) is 11.9 Å². The van der Waals surface area contributed by atoms with Crippen molar-refractivity contribution in [3.63, 3.8) is 0 Å². The number of benzene rings is 1. The second-order valence-corrected chi connectivity index (χ2v) is 6.95. The van der Waals surface area contributed by atoms with E-state index in [-0.39, 0.29) is 17.9 Å². The molecule has 1 N–H and O–H groups in total. The van der Waals surface area contributed by atoms with Crippen LogP contribution >= 0.6 is 0 Å². The molecule has 170 valence electrons. The molecule has 32 heavy (non-hydrogen) atoms. The second kappa shape index (κ2) is 9.18. The number of carbonyl (C=O) groups is 1. The fourth-order valence-corrected chi connectivity index (χ4v) is 3.05. The number of carbonyl (C=O) groups excluding carboxylic acids is 1. The Morgan fingerprint density at radius 1 is 1.31 bits per heavy atom. The molecule has 0 radical (unpaired) electrons. The molecule has 1 aromatic carbocycles. The average Bonchev–Trinajstić information content (AvgIpc) is 3.24. The molecule has 13 heteroatoms. The normalized spacial score (nSPS) is 11.5. The summed E-state index contributed by atoms with van der Waals surface area (Å²) in [6, 6.07) is 6.63. The van der Waals surface area contributed by atoms with Crippen molar-refractivity contribution >= 4 is 17.3 Å². The van der Waals surface area contributed by atoms with Crippen LogP contribution in [0.15, 0.2) is 36.7 Å². The number of nitrogens with one attached hydrogen (secondary N) is 1. The monoisotopic (exact) mass is 452 g/mol. The zero-order chi connectivity index (χ0) is 23.5. The lowest BCUT2D eigenvalue weighted by atomic mass is 10.1. The molecule has 10 nitrogen and oxygen atoms in total. The molecule has 0 fully saturated rings. The van der Waals surface area contributed by atoms with E-state index < -0.39 is 30.3 Å². The lowest BCUT2D eigenvalue weighted by molar-refractivity contribution is -0.386. The zero-order valence-electron chi connectivity index (χ0n) is 17.1. The summed E-state index contributed by atoms with van der Waals surface area (Å²) in [5.41, 5.74) is 1.97. The molecule has 0 unspecified atom stereocenters. The molecule has 3 rings (SSSR count). The van der Waals surface area contributed by atoms with Crippen molar-refractivity contribution in [3.8, 4) is 0 Å². The maximum atomic E-state index is 12.5. The number of rotatable bonds is 8. The van der Waals surface area contributed by atoms with Gasteiger partial charge in [-0.2, -0.15) is 23.4 Å². The number of hydrogen-bond donors (Lipinski definition) is 1. The summed E-state index contributed by atoms with van der Waals surface area (Å²) in [5, 5.41) is 21.8. The van der Waals surface area contributed by atoms with Crippen LogP contribution in [0.4, 0.5) is 24.5 Å². The second-order valence-electron chi connectivity index (χ2n) is 6.95. The summed E-state index contributed by atoms with van der Waals surface area (Å²) in [6.45, 7) is 1.57. The van der Waals surface area contributed by atoms with Crippen molar-refractivity contribution in [3.05, 3.63) is 69.3 Å². The Bertz CT molecular complexity index is 1140. The summed E-state index contributed by atoms with van der Waals surface area (Å²) in [5.74, 6) is -0.457. The Labute approximate surface area is 179 Å². The smallest absolute Gasteiger partial charge is 0.350 e. The van der Waals surface area contributed by atoms with Crippen LogP contribution in [-0.4, -0.2) is 43.2 Å². The highest BCUT2D eigenvalue weighted by Crippen LogP contribution is 2.23. The van der Waals surface area contributed by atoms with Gasteiger partial charge in [-0.3, -0.25) is 19.6 Å². The molecule has 0 aliphatic heterocycles. The van der Waals surface area contributed by atoms with Gasteiger partial charge >= 0.3 is 11.9 Å². The highest BCUT2D eigenvalue weighted by atomic mass is 19.4. The summed E-state index contributed by atoms with van der Waals surface area (Å²) in [6.07, 6.45) is -1.81. The van der Waals surface area contributed by atoms with Gasteiger partial charge in [0, 0.05) is 5.56 Å². The molecular weight excluding hydrogens is 433 g/mol. The van der Waals surface area contributed by atoms with Gasteiger partial charge in [-0.05, 0) is 31.5 Å². The SMILES string of the molecule is Cc1nn(Cc2cccc(C(=O)Nc3cnn(COCC(F)(F)F)c3)c2)c(C)c1[N+](=O)[O-]. The number of nitro groups is 1. The number of nitrogens with zero attached hydrogens (tertiary/aromatic N) is 5. The molecule has 0 saturated heterocycles. The van der Waals surface area contributed by atoms with Crippen LogP contribution in [0, 0.1) is 24.0 Å². The number of alkyl halides is 3. The predicted octanol–water partition coefficient (Wildman–Crippen LogP) is 3.44. The maximum absolute atomic E-state index is 12.5. The van der Waals surface area contributed by atoms with Gasteiger partial charge in [0.2, 0.25) is 0 Å². The summed E-state index contributed by atoms with van der Waals surface area (Å²) in [7, 11) is 0. The topological polar surface area (TPSA) is 117 Å². The van der Waals surface area contributed by atoms with Crippen LogP contribution in [0.25, 0.3) is 0 Å². The molecule has 0 bridgehead atoms. The van der Waals surface area contributed by atoms with Gasteiger partial charge in [0.25, 0.3) is 5.91 Å². The number of aromatic nitrogens is 4. The summed E-state index contributed by atoms with van der Waals surface area (Å²) < 4.78 is 43.5. The highest BCUT2D eigenvalue weighted by Gasteiger charge is 2.27. The number of ether oxygens (including phenoxy) is 1. The standard InChI is InChI=1S/C19H19F3N6O4/c1-12-17(28(30)31)13(2)27(25-12)8-14-4-3-5-15(6-14)18(29)24-16-7-23-26(9-16)11-32-10-19(20,21)22/h3-7,9H,8,10-11H2,1-2H3,(H,24,29). The van der Waals surface area contributed by atoms with Crippen LogP contribution in [0.1, 0.15) is 27.3 Å². The lowest BCUT2D eigenvalue weighted by Gasteiger charge is -2.08. The van der Waals surface area contributed by atoms with Crippen LogP contribution in [-0.2, 0) is 18.0 Å². The van der Waals surface area contributed by atoms with E-state index in [1.54, 1.807) is 38.1 Å². The summed E-state index contributed by atoms with van der Waals surface area (Å²) in [4.78, 5) is 23.2. The first kappa shape index (κ1) is 22.9. The van der Waals surface area contributed by atoms with Gasteiger partial charge in [-0.1, -0.05) is 12.1 Å². The van der Waals surface area contributed by atoms with Crippen molar-refractivity contribution in [2.45, 2.75) is 33.3 Å².